The van der Waals surface area contributed by atoms with Crippen molar-refractivity contribution < 1.29 is 4.39 Å². The van der Waals surface area contributed by atoms with Crippen LogP contribution in [0.15, 0.2) is 54.6 Å². The summed E-state index contributed by atoms with van der Waals surface area (Å²) >= 11 is 0. The maximum atomic E-state index is 13.6. The molecule has 0 aliphatic carbocycles. The third kappa shape index (κ3) is 4.81. The van der Waals surface area contributed by atoms with E-state index in [0.717, 1.165) is 43.0 Å². The van der Waals surface area contributed by atoms with Gasteiger partial charge in [-0.2, -0.15) is 5.10 Å². The molecule has 3 aromatic rings. The van der Waals surface area contributed by atoms with Crippen molar-refractivity contribution in [2.45, 2.75) is 46.0 Å². The Morgan fingerprint density at radius 1 is 1.03 bits per heavy atom. The SMILES string of the molecule is Cc1ccc(-c2cc([C@H]3CCN(CC(C)(C)C)C[C@@H]3c3ccc(F)cc3)n[nH]2)cc1. The highest BCUT2D eigenvalue weighted by Crippen LogP contribution is 2.40. The van der Waals surface area contributed by atoms with Gasteiger partial charge in [-0.05, 0) is 54.6 Å². The van der Waals surface area contributed by atoms with Crippen molar-refractivity contribution in [3.05, 3.63) is 77.2 Å². The Kier molecular flexibility index (Phi) is 5.79. The van der Waals surface area contributed by atoms with Crippen LogP contribution in [0.25, 0.3) is 11.3 Å². The molecule has 1 aliphatic heterocycles. The molecular formula is C26H32FN3. The number of hydrogen-bond donors (Lipinski definition) is 1. The minimum atomic E-state index is -0.181. The maximum Gasteiger partial charge on any atom is 0.123 e. The van der Waals surface area contributed by atoms with Crippen molar-refractivity contribution >= 4 is 0 Å². The number of likely N-dealkylation sites (tertiary alicyclic amines) is 1. The van der Waals surface area contributed by atoms with Crippen LogP contribution in [0.3, 0.4) is 0 Å². The first-order valence-corrected chi connectivity index (χ1v) is 10.9. The first-order valence-electron chi connectivity index (χ1n) is 10.9. The van der Waals surface area contributed by atoms with Crippen molar-refractivity contribution in [2.24, 2.45) is 5.41 Å². The molecule has 30 heavy (non-hydrogen) atoms. The van der Waals surface area contributed by atoms with Gasteiger partial charge in [0.05, 0.1) is 11.4 Å². The minimum Gasteiger partial charge on any atom is -0.302 e. The van der Waals surface area contributed by atoms with Gasteiger partial charge in [-0.15, -0.1) is 0 Å². The fourth-order valence-corrected chi connectivity index (χ4v) is 4.64. The Hall–Kier alpha value is -2.46. The molecule has 4 rings (SSSR count). The second-order valence-corrected chi connectivity index (χ2v) is 9.92. The molecule has 1 aliphatic rings. The molecule has 3 nitrogen and oxygen atoms in total. The monoisotopic (exact) mass is 405 g/mol. The van der Waals surface area contributed by atoms with Crippen molar-refractivity contribution in [1.29, 1.82) is 0 Å². The van der Waals surface area contributed by atoms with E-state index in [9.17, 15) is 4.39 Å². The fraction of sp³-hybridized carbons (Fsp3) is 0.423. The van der Waals surface area contributed by atoms with E-state index in [1.165, 1.54) is 11.1 Å². The zero-order chi connectivity index (χ0) is 21.3. The van der Waals surface area contributed by atoms with Crippen LogP contribution in [0.5, 0.6) is 0 Å². The Morgan fingerprint density at radius 2 is 1.73 bits per heavy atom. The van der Waals surface area contributed by atoms with E-state index >= 15 is 0 Å². The zero-order valence-electron chi connectivity index (χ0n) is 18.5. The summed E-state index contributed by atoms with van der Waals surface area (Å²) in [7, 11) is 0. The minimum absolute atomic E-state index is 0.181. The highest BCUT2D eigenvalue weighted by molar-refractivity contribution is 5.60. The van der Waals surface area contributed by atoms with Gasteiger partial charge in [-0.25, -0.2) is 4.39 Å². The van der Waals surface area contributed by atoms with Crippen molar-refractivity contribution in [3.8, 4) is 11.3 Å². The lowest BCUT2D eigenvalue weighted by atomic mass is 9.78. The van der Waals surface area contributed by atoms with Crippen LogP contribution < -0.4 is 0 Å². The molecule has 1 N–H and O–H groups in total. The number of aromatic nitrogens is 2. The van der Waals surface area contributed by atoms with E-state index in [2.05, 4.69) is 68.0 Å². The topological polar surface area (TPSA) is 31.9 Å². The van der Waals surface area contributed by atoms with E-state index in [1.54, 1.807) is 12.1 Å². The van der Waals surface area contributed by atoms with E-state index in [-0.39, 0.29) is 11.2 Å². The lowest BCUT2D eigenvalue weighted by molar-refractivity contribution is 0.138. The second-order valence-electron chi connectivity index (χ2n) is 9.92. The summed E-state index contributed by atoms with van der Waals surface area (Å²) in [5.74, 6) is 0.442. The number of H-pyrrole nitrogens is 1. The molecule has 2 aromatic carbocycles. The van der Waals surface area contributed by atoms with Gasteiger partial charge < -0.3 is 4.90 Å². The molecule has 1 fully saturated rings. The molecule has 0 unspecified atom stereocenters. The number of rotatable bonds is 4. The largest absolute Gasteiger partial charge is 0.302 e. The van der Waals surface area contributed by atoms with Crippen molar-refractivity contribution in [3.63, 3.8) is 0 Å². The first kappa shape index (κ1) is 20.8. The Labute approximate surface area is 179 Å². The number of aromatic amines is 1. The molecule has 0 bridgehead atoms. The van der Waals surface area contributed by atoms with Crippen LogP contribution in [0, 0.1) is 18.2 Å². The summed E-state index contributed by atoms with van der Waals surface area (Å²) < 4.78 is 13.6. The predicted octanol–water partition coefficient (Wildman–Crippen LogP) is 6.14. The molecule has 1 saturated heterocycles. The summed E-state index contributed by atoms with van der Waals surface area (Å²) in [5, 5.41) is 7.96. The van der Waals surface area contributed by atoms with Gasteiger partial charge in [0.1, 0.15) is 5.82 Å². The summed E-state index contributed by atoms with van der Waals surface area (Å²) in [6.45, 7) is 12.1. The van der Waals surface area contributed by atoms with Gasteiger partial charge in [0, 0.05) is 24.9 Å². The molecule has 0 saturated carbocycles. The van der Waals surface area contributed by atoms with Gasteiger partial charge >= 0.3 is 0 Å². The normalized spacial score (nSPS) is 20.4. The van der Waals surface area contributed by atoms with Crippen LogP contribution in [-0.2, 0) is 0 Å². The summed E-state index contributed by atoms with van der Waals surface area (Å²) in [6.07, 6.45) is 1.05. The quantitative estimate of drug-likeness (QED) is 0.565. The van der Waals surface area contributed by atoms with Crippen LogP contribution in [0.2, 0.25) is 0 Å². The lowest BCUT2D eigenvalue weighted by Gasteiger charge is -2.40. The number of halogens is 1. The summed E-state index contributed by atoms with van der Waals surface area (Å²) in [4.78, 5) is 2.55. The van der Waals surface area contributed by atoms with Crippen LogP contribution in [-0.4, -0.2) is 34.7 Å². The highest BCUT2D eigenvalue weighted by atomic mass is 19.1. The van der Waals surface area contributed by atoms with E-state index in [4.69, 9.17) is 5.10 Å². The summed E-state index contributed by atoms with van der Waals surface area (Å²) in [6, 6.07) is 17.8. The Bertz CT molecular complexity index is 967. The summed E-state index contributed by atoms with van der Waals surface area (Å²) in [5.41, 5.74) is 6.02. The Morgan fingerprint density at radius 3 is 2.40 bits per heavy atom. The van der Waals surface area contributed by atoms with Crippen LogP contribution in [0.1, 0.15) is 55.8 Å². The number of nitrogens with zero attached hydrogens (tertiary/aromatic N) is 2. The van der Waals surface area contributed by atoms with Crippen molar-refractivity contribution in [2.75, 3.05) is 19.6 Å². The van der Waals surface area contributed by atoms with E-state index in [1.807, 2.05) is 12.1 Å². The van der Waals surface area contributed by atoms with Crippen LogP contribution >= 0.6 is 0 Å². The van der Waals surface area contributed by atoms with Gasteiger partial charge in [-0.1, -0.05) is 62.7 Å². The average Bonchev–Trinajstić information content (AvgIpc) is 3.18. The standard InChI is InChI=1S/C26H32FN3/c1-18-5-7-20(8-6-18)24-15-25(29-28-24)22-13-14-30(17-26(2,3)4)16-23(22)19-9-11-21(27)12-10-19/h5-12,15,22-23H,13-14,16-17H2,1-4H3,(H,28,29)/t22-,23+/m0/s1. The fourth-order valence-electron chi connectivity index (χ4n) is 4.64. The van der Waals surface area contributed by atoms with Crippen LogP contribution in [0.4, 0.5) is 4.39 Å². The molecule has 0 radical (unpaired) electrons. The second kappa shape index (κ2) is 8.35. The molecular weight excluding hydrogens is 373 g/mol. The first-order chi connectivity index (χ1) is 14.3. The average molecular weight is 406 g/mol. The Balaban J connectivity index is 1.62. The van der Waals surface area contributed by atoms with E-state index < -0.39 is 0 Å². The predicted molar refractivity (Wildman–Crippen MR) is 121 cm³/mol. The lowest BCUT2D eigenvalue weighted by Crippen LogP contribution is -2.42. The molecule has 4 heteroatoms. The molecule has 0 spiro atoms. The number of benzene rings is 2. The number of piperidine rings is 1. The number of aryl methyl sites for hydroxylation is 1. The number of hydrogen-bond acceptors (Lipinski definition) is 2. The molecule has 0 amide bonds. The van der Waals surface area contributed by atoms with Gasteiger partial charge in [0.2, 0.25) is 0 Å². The van der Waals surface area contributed by atoms with Crippen molar-refractivity contribution in [1.82, 2.24) is 15.1 Å². The van der Waals surface area contributed by atoms with Gasteiger partial charge in [-0.3, -0.25) is 5.10 Å². The zero-order valence-corrected chi connectivity index (χ0v) is 18.5. The molecule has 158 valence electrons. The van der Waals surface area contributed by atoms with Gasteiger partial charge in [0.25, 0.3) is 0 Å². The smallest absolute Gasteiger partial charge is 0.123 e. The third-order valence-corrected chi connectivity index (χ3v) is 6.03. The third-order valence-electron chi connectivity index (χ3n) is 6.03. The maximum absolute atomic E-state index is 13.6. The van der Waals surface area contributed by atoms with E-state index in [0.29, 0.717) is 11.8 Å². The molecule has 2 heterocycles. The highest BCUT2D eigenvalue weighted by Gasteiger charge is 2.34. The number of nitrogens with one attached hydrogen (secondary N) is 1. The van der Waals surface area contributed by atoms with Gasteiger partial charge in [0.15, 0.2) is 0 Å². The molecule has 2 atom stereocenters. The molecule has 1 aromatic heterocycles.